The van der Waals surface area contributed by atoms with E-state index < -0.39 is 0 Å². The van der Waals surface area contributed by atoms with E-state index in [4.69, 9.17) is 11.6 Å². The second-order valence-electron chi connectivity index (χ2n) is 4.19. The van der Waals surface area contributed by atoms with Gasteiger partial charge in [0, 0.05) is 17.9 Å². The molecule has 0 fully saturated rings. The van der Waals surface area contributed by atoms with Crippen molar-refractivity contribution in [3.63, 3.8) is 0 Å². The lowest BCUT2D eigenvalue weighted by Gasteiger charge is -2.13. The minimum atomic E-state index is 0.357. The van der Waals surface area contributed by atoms with Crippen LogP contribution in [-0.4, -0.2) is 41.3 Å². The maximum Gasteiger partial charge on any atom is 0.137 e. The van der Waals surface area contributed by atoms with Crippen molar-refractivity contribution in [1.82, 2.24) is 14.9 Å². The van der Waals surface area contributed by atoms with Gasteiger partial charge in [0.2, 0.25) is 0 Å². The van der Waals surface area contributed by atoms with Gasteiger partial charge in [0.1, 0.15) is 16.5 Å². The fraction of sp³-hybridized carbons (Fsp3) is 0.636. The predicted octanol–water partition coefficient (Wildman–Crippen LogP) is 2.91. The largest absolute Gasteiger partial charge is 0.309 e. The third kappa shape index (κ3) is 3.92. The van der Waals surface area contributed by atoms with Gasteiger partial charge in [0.05, 0.1) is 0 Å². The monoisotopic (exact) mass is 259 g/mol. The van der Waals surface area contributed by atoms with Gasteiger partial charge in [-0.3, -0.25) is 0 Å². The molecule has 0 aliphatic heterocycles. The van der Waals surface area contributed by atoms with Gasteiger partial charge in [-0.25, -0.2) is 9.97 Å². The third-order valence-corrected chi connectivity index (χ3v) is 3.44. The van der Waals surface area contributed by atoms with Gasteiger partial charge >= 0.3 is 0 Å². The number of aromatic nitrogens is 2. The summed E-state index contributed by atoms with van der Waals surface area (Å²) in [6, 6.07) is 0. The smallest absolute Gasteiger partial charge is 0.137 e. The Kier molecular flexibility index (Phi) is 5.52. The van der Waals surface area contributed by atoms with E-state index in [0.717, 1.165) is 22.9 Å². The van der Waals surface area contributed by atoms with E-state index in [1.807, 2.05) is 0 Å². The highest BCUT2D eigenvalue weighted by Crippen LogP contribution is 2.30. The first-order chi connectivity index (χ1) is 7.52. The summed E-state index contributed by atoms with van der Waals surface area (Å²) in [6.07, 6.45) is 1.53. The van der Waals surface area contributed by atoms with Crippen LogP contribution in [0.4, 0.5) is 0 Å². The molecule has 0 atom stereocenters. The average molecular weight is 260 g/mol. The maximum absolute atomic E-state index is 6.09. The number of nitrogens with zero attached hydrogens (tertiary/aromatic N) is 3. The van der Waals surface area contributed by atoms with Gasteiger partial charge in [0.15, 0.2) is 0 Å². The van der Waals surface area contributed by atoms with Gasteiger partial charge in [-0.1, -0.05) is 25.4 Å². The number of rotatable bonds is 5. The molecule has 0 saturated heterocycles. The molecule has 3 nitrogen and oxygen atoms in total. The van der Waals surface area contributed by atoms with Crippen LogP contribution in [0.1, 0.15) is 25.3 Å². The molecule has 5 heteroatoms. The second kappa shape index (κ2) is 6.42. The zero-order valence-electron chi connectivity index (χ0n) is 10.2. The lowest BCUT2D eigenvalue weighted by atomic mass is 10.1. The van der Waals surface area contributed by atoms with Crippen molar-refractivity contribution in [2.45, 2.75) is 24.8 Å². The molecule has 16 heavy (non-hydrogen) atoms. The van der Waals surface area contributed by atoms with Crippen LogP contribution in [-0.2, 0) is 0 Å². The minimum Gasteiger partial charge on any atom is -0.309 e. The van der Waals surface area contributed by atoms with E-state index >= 15 is 0 Å². The Balaban J connectivity index is 2.75. The number of hydrogen-bond acceptors (Lipinski definition) is 4. The Morgan fingerprint density at radius 1 is 1.38 bits per heavy atom. The third-order valence-electron chi connectivity index (χ3n) is 2.15. The summed E-state index contributed by atoms with van der Waals surface area (Å²) in [5.41, 5.74) is 1.06. The quantitative estimate of drug-likeness (QED) is 0.601. The minimum absolute atomic E-state index is 0.357. The summed E-state index contributed by atoms with van der Waals surface area (Å²) >= 11 is 7.83. The first-order valence-electron chi connectivity index (χ1n) is 5.30. The summed E-state index contributed by atoms with van der Waals surface area (Å²) in [6.45, 7) is 5.25. The molecule has 1 heterocycles. The molecule has 1 aromatic heterocycles. The van der Waals surface area contributed by atoms with E-state index in [2.05, 4.69) is 42.8 Å². The van der Waals surface area contributed by atoms with E-state index in [9.17, 15) is 0 Å². The van der Waals surface area contributed by atoms with Crippen LogP contribution in [0.2, 0.25) is 5.15 Å². The summed E-state index contributed by atoms with van der Waals surface area (Å²) < 4.78 is 0. The molecule has 1 rings (SSSR count). The van der Waals surface area contributed by atoms with Crippen molar-refractivity contribution >= 4 is 23.4 Å². The van der Waals surface area contributed by atoms with Crippen molar-refractivity contribution in [3.05, 3.63) is 17.0 Å². The van der Waals surface area contributed by atoms with Crippen molar-refractivity contribution in [1.29, 1.82) is 0 Å². The van der Waals surface area contributed by atoms with Gasteiger partial charge < -0.3 is 4.90 Å². The molecular formula is C11H18ClN3S. The van der Waals surface area contributed by atoms with Crippen LogP contribution >= 0.6 is 23.4 Å². The zero-order chi connectivity index (χ0) is 12.1. The SMILES string of the molecule is CC(C)c1c(Cl)ncnc1SCCN(C)C. The Morgan fingerprint density at radius 3 is 2.62 bits per heavy atom. The average Bonchev–Trinajstić information content (AvgIpc) is 2.16. The first kappa shape index (κ1) is 13.7. The van der Waals surface area contributed by atoms with Crippen molar-refractivity contribution < 1.29 is 0 Å². The zero-order valence-corrected chi connectivity index (χ0v) is 11.8. The van der Waals surface area contributed by atoms with E-state index in [1.54, 1.807) is 11.8 Å². The topological polar surface area (TPSA) is 29.0 Å². The van der Waals surface area contributed by atoms with Crippen molar-refractivity contribution in [3.8, 4) is 0 Å². The van der Waals surface area contributed by atoms with Crippen LogP contribution in [0.3, 0.4) is 0 Å². The molecule has 0 aliphatic carbocycles. The standard InChI is InChI=1S/C11H18ClN3S/c1-8(2)9-10(12)13-7-14-11(9)16-6-5-15(3)4/h7-8H,5-6H2,1-4H3. The lowest BCUT2D eigenvalue weighted by Crippen LogP contribution is -2.15. The Labute approximate surface area is 107 Å². The Bertz CT molecular complexity index is 342. The summed E-state index contributed by atoms with van der Waals surface area (Å²) in [4.78, 5) is 10.5. The summed E-state index contributed by atoms with van der Waals surface area (Å²) in [5, 5.41) is 1.59. The summed E-state index contributed by atoms with van der Waals surface area (Å²) in [5.74, 6) is 1.37. The fourth-order valence-corrected chi connectivity index (χ4v) is 2.95. The molecule has 0 spiro atoms. The molecule has 0 amide bonds. The predicted molar refractivity (Wildman–Crippen MR) is 70.4 cm³/mol. The molecule has 0 bridgehead atoms. The highest BCUT2D eigenvalue weighted by molar-refractivity contribution is 7.99. The van der Waals surface area contributed by atoms with E-state index in [1.165, 1.54) is 6.33 Å². The number of halogens is 1. The fourth-order valence-electron chi connectivity index (χ4n) is 1.28. The van der Waals surface area contributed by atoms with Gasteiger partial charge in [-0.15, -0.1) is 11.8 Å². The van der Waals surface area contributed by atoms with Crippen LogP contribution in [0.15, 0.2) is 11.4 Å². The van der Waals surface area contributed by atoms with Crippen LogP contribution in [0.5, 0.6) is 0 Å². The van der Waals surface area contributed by atoms with Gasteiger partial charge in [-0.05, 0) is 20.0 Å². The van der Waals surface area contributed by atoms with E-state index in [0.29, 0.717) is 11.1 Å². The van der Waals surface area contributed by atoms with Gasteiger partial charge in [0.25, 0.3) is 0 Å². The van der Waals surface area contributed by atoms with Crippen LogP contribution in [0.25, 0.3) is 0 Å². The molecule has 0 aliphatic rings. The van der Waals surface area contributed by atoms with Crippen LogP contribution in [0, 0.1) is 0 Å². The van der Waals surface area contributed by atoms with E-state index in [-0.39, 0.29) is 0 Å². The molecule has 0 saturated carbocycles. The molecule has 1 aromatic rings. The Hall–Kier alpha value is -0.320. The highest BCUT2D eigenvalue weighted by atomic mass is 35.5. The van der Waals surface area contributed by atoms with Crippen molar-refractivity contribution in [2.24, 2.45) is 0 Å². The molecule has 0 N–H and O–H groups in total. The number of thioether (sulfide) groups is 1. The number of hydrogen-bond donors (Lipinski definition) is 0. The summed E-state index contributed by atoms with van der Waals surface area (Å²) in [7, 11) is 4.13. The van der Waals surface area contributed by atoms with Gasteiger partial charge in [-0.2, -0.15) is 0 Å². The first-order valence-corrected chi connectivity index (χ1v) is 6.66. The Morgan fingerprint density at radius 2 is 2.06 bits per heavy atom. The lowest BCUT2D eigenvalue weighted by molar-refractivity contribution is 0.437. The molecule has 90 valence electrons. The highest BCUT2D eigenvalue weighted by Gasteiger charge is 2.13. The molecule has 0 unspecified atom stereocenters. The molecule has 0 aromatic carbocycles. The normalized spacial score (nSPS) is 11.4. The van der Waals surface area contributed by atoms with Crippen LogP contribution < -0.4 is 0 Å². The molecular weight excluding hydrogens is 242 g/mol. The molecule has 0 radical (unpaired) electrons. The second-order valence-corrected chi connectivity index (χ2v) is 5.63. The maximum atomic E-state index is 6.09. The van der Waals surface area contributed by atoms with Crippen molar-refractivity contribution in [2.75, 3.05) is 26.4 Å².